The fraction of sp³-hybridized carbons (Fsp3) is 0.385. The van der Waals surface area contributed by atoms with Crippen molar-refractivity contribution in [3.63, 3.8) is 0 Å². The molecule has 1 aliphatic rings. The van der Waals surface area contributed by atoms with Crippen molar-refractivity contribution in [3.05, 3.63) is 18.6 Å². The van der Waals surface area contributed by atoms with E-state index in [1.54, 1.807) is 12.3 Å². The maximum atomic E-state index is 10.2. The number of aliphatic hydroxyl groups excluding tert-OH is 3. The standard InChI is InChI=1S/C13H14N4O4/c1-2-13(5-18)9(20)8(19)12(21-13)17-4-3-7-10(14)15-6-16-11(7)17/h1,3-4,6,8-9,12,18-20H,5H2,(H2,14,15,16)/t8-,9+,12-,13-/m0/s1. The number of nitrogens with two attached hydrogens (primary N) is 1. The maximum absolute atomic E-state index is 10.2. The van der Waals surface area contributed by atoms with Gasteiger partial charge < -0.3 is 30.4 Å². The van der Waals surface area contributed by atoms with Crippen molar-refractivity contribution in [1.29, 1.82) is 0 Å². The number of aromatic nitrogens is 3. The number of hydrogen-bond donors (Lipinski definition) is 4. The Hall–Kier alpha value is -2.18. The van der Waals surface area contributed by atoms with Gasteiger partial charge >= 0.3 is 0 Å². The SMILES string of the molecule is C#C[C@@]1(CO)O[C@H](n2ccc3c(N)ncnc32)[C@@H](O)[C@H]1O. The second-order valence-corrected chi connectivity index (χ2v) is 4.85. The number of aliphatic hydroxyl groups is 3. The lowest BCUT2D eigenvalue weighted by atomic mass is 9.97. The van der Waals surface area contributed by atoms with Gasteiger partial charge in [-0.25, -0.2) is 9.97 Å². The number of rotatable bonds is 2. The van der Waals surface area contributed by atoms with Crippen molar-refractivity contribution in [1.82, 2.24) is 14.5 Å². The van der Waals surface area contributed by atoms with Crippen LogP contribution in [0.4, 0.5) is 5.82 Å². The highest BCUT2D eigenvalue weighted by molar-refractivity contribution is 5.86. The van der Waals surface area contributed by atoms with Gasteiger partial charge in [0, 0.05) is 6.20 Å². The Balaban J connectivity index is 2.08. The van der Waals surface area contributed by atoms with Crippen LogP contribution in [0, 0.1) is 12.3 Å². The summed E-state index contributed by atoms with van der Waals surface area (Å²) < 4.78 is 7.04. The van der Waals surface area contributed by atoms with E-state index in [1.807, 2.05) is 0 Å². The minimum Gasteiger partial charge on any atom is -0.392 e. The van der Waals surface area contributed by atoms with Crippen molar-refractivity contribution in [2.45, 2.75) is 24.0 Å². The number of nitrogens with zero attached hydrogens (tertiary/aromatic N) is 3. The van der Waals surface area contributed by atoms with Gasteiger partial charge in [-0.2, -0.15) is 0 Å². The maximum Gasteiger partial charge on any atom is 0.182 e. The molecule has 2 aromatic heterocycles. The van der Waals surface area contributed by atoms with Crippen LogP contribution in [0.2, 0.25) is 0 Å². The zero-order valence-electron chi connectivity index (χ0n) is 10.9. The van der Waals surface area contributed by atoms with E-state index in [0.29, 0.717) is 11.0 Å². The summed E-state index contributed by atoms with van der Waals surface area (Å²) in [6, 6.07) is 1.67. The van der Waals surface area contributed by atoms with Gasteiger partial charge in [0.25, 0.3) is 0 Å². The zero-order chi connectivity index (χ0) is 15.2. The number of hydrogen-bond acceptors (Lipinski definition) is 7. The lowest BCUT2D eigenvalue weighted by Gasteiger charge is -2.23. The Morgan fingerprint density at radius 2 is 2.24 bits per heavy atom. The Morgan fingerprint density at radius 3 is 2.86 bits per heavy atom. The predicted molar refractivity (Wildman–Crippen MR) is 72.7 cm³/mol. The van der Waals surface area contributed by atoms with Gasteiger partial charge in [0.1, 0.15) is 30.0 Å². The Morgan fingerprint density at radius 1 is 1.48 bits per heavy atom. The van der Waals surface area contributed by atoms with Crippen LogP contribution in [0.1, 0.15) is 6.23 Å². The van der Waals surface area contributed by atoms with Gasteiger partial charge in [-0.1, -0.05) is 5.92 Å². The van der Waals surface area contributed by atoms with Crippen molar-refractivity contribution >= 4 is 16.9 Å². The third-order valence-electron chi connectivity index (χ3n) is 3.72. The number of nitrogen functional groups attached to an aromatic ring is 1. The van der Waals surface area contributed by atoms with Gasteiger partial charge in [-0.05, 0) is 6.07 Å². The monoisotopic (exact) mass is 290 g/mol. The molecule has 1 saturated heterocycles. The molecule has 0 unspecified atom stereocenters. The van der Waals surface area contributed by atoms with Crippen LogP contribution in [-0.2, 0) is 4.74 Å². The molecule has 0 aliphatic carbocycles. The van der Waals surface area contributed by atoms with Crippen molar-refractivity contribution < 1.29 is 20.1 Å². The molecule has 21 heavy (non-hydrogen) atoms. The minimum absolute atomic E-state index is 0.289. The van der Waals surface area contributed by atoms with Crippen LogP contribution >= 0.6 is 0 Å². The first kappa shape index (κ1) is 13.8. The summed E-state index contributed by atoms with van der Waals surface area (Å²) in [4.78, 5) is 7.96. The van der Waals surface area contributed by atoms with Crippen LogP contribution in [0.3, 0.4) is 0 Å². The van der Waals surface area contributed by atoms with Crippen molar-refractivity contribution in [2.24, 2.45) is 0 Å². The summed E-state index contributed by atoms with van der Waals surface area (Å²) in [5, 5.41) is 30.2. The molecule has 0 aromatic carbocycles. The Kier molecular flexibility index (Phi) is 3.07. The molecular weight excluding hydrogens is 276 g/mol. The van der Waals surface area contributed by atoms with Gasteiger partial charge in [-0.3, -0.25) is 0 Å². The molecule has 8 nitrogen and oxygen atoms in total. The molecule has 1 aliphatic heterocycles. The molecular formula is C13H14N4O4. The highest BCUT2D eigenvalue weighted by Gasteiger charge is 2.54. The van der Waals surface area contributed by atoms with E-state index in [9.17, 15) is 15.3 Å². The van der Waals surface area contributed by atoms with Crippen LogP contribution < -0.4 is 5.73 Å². The smallest absolute Gasteiger partial charge is 0.182 e. The van der Waals surface area contributed by atoms with Crippen LogP contribution in [0.5, 0.6) is 0 Å². The lowest BCUT2D eigenvalue weighted by Crippen LogP contribution is -2.44. The van der Waals surface area contributed by atoms with E-state index >= 15 is 0 Å². The molecule has 5 N–H and O–H groups in total. The van der Waals surface area contributed by atoms with E-state index in [0.717, 1.165) is 0 Å². The summed E-state index contributed by atoms with van der Waals surface area (Å²) in [5.41, 5.74) is 4.53. The molecule has 0 bridgehead atoms. The molecule has 3 rings (SSSR count). The lowest BCUT2D eigenvalue weighted by molar-refractivity contribution is -0.0909. The molecule has 0 amide bonds. The van der Waals surface area contributed by atoms with Crippen LogP contribution in [0.25, 0.3) is 11.0 Å². The highest BCUT2D eigenvalue weighted by Crippen LogP contribution is 2.38. The fourth-order valence-corrected chi connectivity index (χ4v) is 2.50. The molecule has 0 radical (unpaired) electrons. The van der Waals surface area contributed by atoms with E-state index in [-0.39, 0.29) is 5.82 Å². The van der Waals surface area contributed by atoms with Gasteiger partial charge in [0.15, 0.2) is 11.8 Å². The third kappa shape index (κ3) is 1.80. The Labute approximate surface area is 119 Å². The molecule has 1 fully saturated rings. The van der Waals surface area contributed by atoms with Crippen molar-refractivity contribution in [3.8, 4) is 12.3 Å². The normalized spacial score (nSPS) is 32.4. The zero-order valence-corrected chi connectivity index (χ0v) is 10.9. The fourth-order valence-electron chi connectivity index (χ4n) is 2.50. The summed E-state index contributed by atoms with van der Waals surface area (Å²) in [6.45, 7) is -0.617. The van der Waals surface area contributed by atoms with E-state index in [4.69, 9.17) is 16.9 Å². The van der Waals surface area contributed by atoms with E-state index in [2.05, 4.69) is 15.9 Å². The largest absolute Gasteiger partial charge is 0.392 e. The second kappa shape index (κ2) is 4.68. The number of anilines is 1. The van der Waals surface area contributed by atoms with Gasteiger partial charge in [-0.15, -0.1) is 6.42 Å². The molecule has 2 aromatic rings. The number of ether oxygens (including phenoxy) is 1. The number of fused-ring (bicyclic) bond motifs is 1. The summed E-state index contributed by atoms with van der Waals surface area (Å²) in [7, 11) is 0. The van der Waals surface area contributed by atoms with Crippen LogP contribution in [-0.4, -0.2) is 54.3 Å². The first-order valence-corrected chi connectivity index (χ1v) is 6.23. The third-order valence-corrected chi connectivity index (χ3v) is 3.72. The average molecular weight is 290 g/mol. The topological polar surface area (TPSA) is 127 Å². The minimum atomic E-state index is -1.65. The molecule has 3 heterocycles. The molecule has 110 valence electrons. The predicted octanol–water partition coefficient (Wildman–Crippen LogP) is -1.37. The van der Waals surface area contributed by atoms with Gasteiger partial charge in [0.2, 0.25) is 0 Å². The quantitative estimate of drug-likeness (QED) is 0.502. The second-order valence-electron chi connectivity index (χ2n) is 4.85. The highest BCUT2D eigenvalue weighted by atomic mass is 16.6. The molecule has 0 spiro atoms. The number of terminal acetylenes is 1. The molecule has 4 atom stereocenters. The van der Waals surface area contributed by atoms with Gasteiger partial charge in [0.05, 0.1) is 12.0 Å². The Bertz CT molecular complexity index is 725. The molecule has 8 heteroatoms. The summed E-state index contributed by atoms with van der Waals surface area (Å²) in [6.07, 6.45) is 4.47. The summed E-state index contributed by atoms with van der Waals surface area (Å²) in [5.74, 6) is 2.49. The first-order chi connectivity index (χ1) is 10.0. The van der Waals surface area contributed by atoms with Crippen molar-refractivity contribution in [2.75, 3.05) is 12.3 Å². The average Bonchev–Trinajstić information content (AvgIpc) is 3.02. The van der Waals surface area contributed by atoms with Crippen LogP contribution in [0.15, 0.2) is 18.6 Å². The van der Waals surface area contributed by atoms with E-state index in [1.165, 1.54) is 10.9 Å². The molecule has 0 saturated carbocycles. The van der Waals surface area contributed by atoms with E-state index < -0.39 is 30.6 Å². The first-order valence-electron chi connectivity index (χ1n) is 6.23. The summed E-state index contributed by atoms with van der Waals surface area (Å²) >= 11 is 0.